The molecule has 60 valence electrons. The van der Waals surface area contributed by atoms with E-state index in [9.17, 15) is 0 Å². The molecule has 0 nitrogen and oxygen atoms in total. The lowest BCUT2D eigenvalue weighted by Crippen LogP contribution is -1.73. The fraction of sp³-hybridized carbons (Fsp3) is 0.167. The minimum absolute atomic E-state index is 1.20. The molecule has 1 aromatic rings. The van der Waals surface area contributed by atoms with Gasteiger partial charge in [-0.1, -0.05) is 48.6 Å². The van der Waals surface area contributed by atoms with Gasteiger partial charge in [-0.25, -0.2) is 0 Å². The molecule has 0 saturated carbocycles. The number of rotatable bonds is 1. The summed E-state index contributed by atoms with van der Waals surface area (Å²) >= 11 is 0. The first kappa shape index (κ1) is 7.35. The topological polar surface area (TPSA) is 0 Å². The molecule has 0 aliphatic heterocycles. The summed E-state index contributed by atoms with van der Waals surface area (Å²) in [5.74, 6) is 0. The Labute approximate surface area is 73.2 Å². The second-order valence-corrected chi connectivity index (χ2v) is 3.07. The predicted molar refractivity (Wildman–Crippen MR) is 52.8 cm³/mol. The molecule has 0 atom stereocenters. The van der Waals surface area contributed by atoms with Crippen molar-refractivity contribution in [3.8, 4) is 0 Å². The van der Waals surface area contributed by atoms with E-state index >= 15 is 0 Å². The third-order valence-electron chi connectivity index (χ3n) is 2.08. The summed E-state index contributed by atoms with van der Waals surface area (Å²) in [6, 6.07) is 10.5. The van der Waals surface area contributed by atoms with Gasteiger partial charge >= 0.3 is 0 Å². The molecule has 0 aromatic heterocycles. The normalized spacial score (nSPS) is 18.8. The second-order valence-electron chi connectivity index (χ2n) is 3.07. The van der Waals surface area contributed by atoms with E-state index in [4.69, 9.17) is 0 Å². The summed E-state index contributed by atoms with van der Waals surface area (Å²) in [4.78, 5) is 0. The van der Waals surface area contributed by atoms with Crippen molar-refractivity contribution >= 4 is 6.08 Å². The minimum Gasteiger partial charge on any atom is -0.0839 e. The van der Waals surface area contributed by atoms with Crippen molar-refractivity contribution in [2.24, 2.45) is 0 Å². The molecular weight excluding hydrogens is 144 g/mol. The Balaban J connectivity index is 2.22. The van der Waals surface area contributed by atoms with Crippen LogP contribution >= 0.6 is 0 Å². The van der Waals surface area contributed by atoms with Crippen molar-refractivity contribution in [2.75, 3.05) is 0 Å². The monoisotopic (exact) mass is 156 g/mol. The quantitative estimate of drug-likeness (QED) is 0.584. The van der Waals surface area contributed by atoms with E-state index in [0.29, 0.717) is 0 Å². The Kier molecular flexibility index (Phi) is 2.08. The van der Waals surface area contributed by atoms with Gasteiger partial charge in [0.15, 0.2) is 0 Å². The molecule has 0 bridgehead atoms. The van der Waals surface area contributed by atoms with Gasteiger partial charge in [0.1, 0.15) is 0 Å². The number of hydrogen-bond acceptors (Lipinski definition) is 0. The van der Waals surface area contributed by atoms with E-state index in [2.05, 4.69) is 42.5 Å². The summed E-state index contributed by atoms with van der Waals surface area (Å²) < 4.78 is 0. The van der Waals surface area contributed by atoms with Crippen LogP contribution in [-0.4, -0.2) is 0 Å². The molecule has 12 heavy (non-hydrogen) atoms. The highest BCUT2D eigenvalue weighted by Gasteiger charge is 1.97. The van der Waals surface area contributed by atoms with Crippen molar-refractivity contribution < 1.29 is 0 Å². The van der Waals surface area contributed by atoms with Gasteiger partial charge in [0.05, 0.1) is 0 Å². The van der Waals surface area contributed by atoms with E-state index in [-0.39, 0.29) is 0 Å². The van der Waals surface area contributed by atoms with Crippen LogP contribution in [0.2, 0.25) is 0 Å². The molecule has 0 N–H and O–H groups in total. The van der Waals surface area contributed by atoms with Crippen LogP contribution < -0.4 is 0 Å². The molecule has 2 rings (SSSR count). The molecule has 0 heterocycles. The third-order valence-corrected chi connectivity index (χ3v) is 2.08. The molecule has 1 aromatic carbocycles. The first-order valence-corrected chi connectivity index (χ1v) is 4.37. The number of benzene rings is 1. The first-order chi connectivity index (χ1) is 5.95. The van der Waals surface area contributed by atoms with Crippen LogP contribution in [0.25, 0.3) is 6.08 Å². The standard InChI is InChI=1S/C12H12/c1-2-6-11(7-3-1)10-12-8-4-5-9-12/h1-4,6-8,10H,5,9H2. The van der Waals surface area contributed by atoms with E-state index in [1.165, 1.54) is 24.0 Å². The minimum atomic E-state index is 1.20. The first-order valence-electron chi connectivity index (χ1n) is 4.37. The van der Waals surface area contributed by atoms with Crippen molar-refractivity contribution in [1.82, 2.24) is 0 Å². The van der Waals surface area contributed by atoms with E-state index in [1.54, 1.807) is 0 Å². The smallest absolute Gasteiger partial charge is 0.0244 e. The van der Waals surface area contributed by atoms with E-state index in [0.717, 1.165) is 0 Å². The van der Waals surface area contributed by atoms with Crippen LogP contribution in [0.4, 0.5) is 0 Å². The fourth-order valence-electron chi connectivity index (χ4n) is 1.45. The van der Waals surface area contributed by atoms with Gasteiger partial charge in [0.25, 0.3) is 0 Å². The molecule has 0 amide bonds. The van der Waals surface area contributed by atoms with Crippen molar-refractivity contribution in [3.05, 3.63) is 53.6 Å². The highest BCUT2D eigenvalue weighted by Crippen LogP contribution is 2.18. The van der Waals surface area contributed by atoms with Crippen molar-refractivity contribution in [3.63, 3.8) is 0 Å². The number of allylic oxidation sites excluding steroid dienone is 3. The van der Waals surface area contributed by atoms with Crippen molar-refractivity contribution in [1.29, 1.82) is 0 Å². The zero-order valence-corrected chi connectivity index (χ0v) is 7.03. The largest absolute Gasteiger partial charge is 0.0839 e. The molecule has 0 saturated heterocycles. The molecule has 0 radical (unpaired) electrons. The van der Waals surface area contributed by atoms with E-state index in [1.807, 2.05) is 6.07 Å². The van der Waals surface area contributed by atoms with Gasteiger partial charge in [0.2, 0.25) is 0 Å². The second kappa shape index (κ2) is 3.40. The summed E-state index contributed by atoms with van der Waals surface area (Å²) in [7, 11) is 0. The lowest BCUT2D eigenvalue weighted by atomic mass is 10.1. The maximum absolute atomic E-state index is 2.25. The fourth-order valence-corrected chi connectivity index (χ4v) is 1.45. The summed E-state index contributed by atoms with van der Waals surface area (Å²) in [5.41, 5.74) is 2.75. The Bertz CT molecular complexity index is 304. The zero-order valence-electron chi connectivity index (χ0n) is 7.03. The maximum Gasteiger partial charge on any atom is -0.0244 e. The van der Waals surface area contributed by atoms with Crippen LogP contribution in [0.15, 0.2) is 48.1 Å². The van der Waals surface area contributed by atoms with Gasteiger partial charge in [-0.05, 0) is 24.0 Å². The summed E-state index contributed by atoms with van der Waals surface area (Å²) in [6.45, 7) is 0. The van der Waals surface area contributed by atoms with Crippen LogP contribution in [0.5, 0.6) is 0 Å². The van der Waals surface area contributed by atoms with Crippen LogP contribution in [0, 0.1) is 0 Å². The SMILES string of the molecule is C1=CC(=Cc2ccccc2)CC1. The predicted octanol–water partition coefficient (Wildman–Crippen LogP) is 3.42. The highest BCUT2D eigenvalue weighted by atomic mass is 14.0. The molecular formula is C12H12. The van der Waals surface area contributed by atoms with Gasteiger partial charge < -0.3 is 0 Å². The Morgan fingerprint density at radius 3 is 2.58 bits per heavy atom. The highest BCUT2D eigenvalue weighted by molar-refractivity contribution is 5.56. The summed E-state index contributed by atoms with van der Waals surface area (Å²) in [5, 5.41) is 0. The number of hydrogen-bond donors (Lipinski definition) is 0. The zero-order chi connectivity index (χ0) is 8.23. The van der Waals surface area contributed by atoms with Gasteiger partial charge in [-0.3, -0.25) is 0 Å². The molecule has 0 unspecified atom stereocenters. The lowest BCUT2D eigenvalue weighted by Gasteiger charge is -1.94. The maximum atomic E-state index is 2.25. The van der Waals surface area contributed by atoms with Gasteiger partial charge in [0, 0.05) is 0 Å². The third kappa shape index (κ3) is 1.65. The van der Waals surface area contributed by atoms with Crippen molar-refractivity contribution in [2.45, 2.75) is 12.8 Å². The Morgan fingerprint density at radius 2 is 1.92 bits per heavy atom. The molecule has 0 heteroatoms. The van der Waals surface area contributed by atoms with Gasteiger partial charge in [-0.15, -0.1) is 0 Å². The van der Waals surface area contributed by atoms with Crippen LogP contribution in [-0.2, 0) is 0 Å². The molecule has 0 fully saturated rings. The molecule has 1 aliphatic rings. The van der Waals surface area contributed by atoms with Gasteiger partial charge in [-0.2, -0.15) is 0 Å². The molecule has 0 spiro atoms. The van der Waals surface area contributed by atoms with Crippen LogP contribution in [0.1, 0.15) is 18.4 Å². The van der Waals surface area contributed by atoms with Crippen LogP contribution in [0.3, 0.4) is 0 Å². The Morgan fingerprint density at radius 1 is 1.08 bits per heavy atom. The average Bonchev–Trinajstić information content (AvgIpc) is 2.59. The van der Waals surface area contributed by atoms with E-state index < -0.39 is 0 Å². The average molecular weight is 156 g/mol. The lowest BCUT2D eigenvalue weighted by molar-refractivity contribution is 1.07. The molecule has 1 aliphatic carbocycles. The Hall–Kier alpha value is -1.30. The summed E-state index contributed by atoms with van der Waals surface area (Å²) in [6.07, 6.45) is 9.11.